The number of rotatable bonds is 3. The number of carbonyl (C=O) groups is 1. The Balaban J connectivity index is 1.91. The molecule has 1 aliphatic rings. The van der Waals surface area contributed by atoms with Gasteiger partial charge in [-0.1, -0.05) is 30.3 Å². The van der Waals surface area contributed by atoms with E-state index in [1.807, 2.05) is 18.2 Å². The van der Waals surface area contributed by atoms with Gasteiger partial charge in [-0.05, 0) is 5.56 Å². The molecule has 5 heteroatoms. The predicted octanol–water partition coefficient (Wildman–Crippen LogP) is 1.19. The van der Waals surface area contributed by atoms with Crippen molar-refractivity contribution in [2.75, 3.05) is 11.9 Å². The van der Waals surface area contributed by atoms with Crippen LogP contribution in [0.5, 0.6) is 0 Å². The number of fused-ring (bicyclic) bond motifs is 1. The van der Waals surface area contributed by atoms with E-state index in [2.05, 4.69) is 22.4 Å². The van der Waals surface area contributed by atoms with Crippen molar-refractivity contribution in [1.29, 1.82) is 0 Å². The molecule has 0 amide bonds. The predicted molar refractivity (Wildman–Crippen MR) is 75.9 cm³/mol. The van der Waals surface area contributed by atoms with Crippen LogP contribution in [0.15, 0.2) is 41.5 Å². The van der Waals surface area contributed by atoms with E-state index in [4.69, 9.17) is 0 Å². The monoisotopic (exact) mass is 269 g/mol. The Hall–Kier alpha value is -2.43. The lowest BCUT2D eigenvalue weighted by Gasteiger charge is -2.25. The van der Waals surface area contributed by atoms with Crippen molar-refractivity contribution in [2.24, 2.45) is 0 Å². The summed E-state index contributed by atoms with van der Waals surface area (Å²) in [6, 6.07) is 10.2. The van der Waals surface area contributed by atoms with Gasteiger partial charge in [-0.15, -0.1) is 0 Å². The molecule has 1 N–H and O–H groups in total. The third-order valence-corrected chi connectivity index (χ3v) is 3.62. The third-order valence-electron chi connectivity index (χ3n) is 3.62. The van der Waals surface area contributed by atoms with E-state index in [9.17, 15) is 9.59 Å². The van der Waals surface area contributed by atoms with Gasteiger partial charge in [0, 0.05) is 18.9 Å². The van der Waals surface area contributed by atoms with Crippen LogP contribution in [-0.2, 0) is 17.8 Å². The van der Waals surface area contributed by atoms with E-state index in [-0.39, 0.29) is 12.1 Å². The van der Waals surface area contributed by atoms with Crippen molar-refractivity contribution >= 4 is 12.0 Å². The lowest BCUT2D eigenvalue weighted by molar-refractivity contribution is -0.108. The van der Waals surface area contributed by atoms with Crippen LogP contribution in [0.2, 0.25) is 0 Å². The highest BCUT2D eigenvalue weighted by Gasteiger charge is 2.23. The highest BCUT2D eigenvalue weighted by molar-refractivity contribution is 5.52. The van der Waals surface area contributed by atoms with Crippen molar-refractivity contribution in [3.8, 4) is 0 Å². The molecule has 20 heavy (non-hydrogen) atoms. The zero-order valence-corrected chi connectivity index (χ0v) is 11.0. The minimum absolute atomic E-state index is 0.0446. The van der Waals surface area contributed by atoms with Gasteiger partial charge in [0.05, 0.1) is 18.6 Å². The van der Waals surface area contributed by atoms with Crippen LogP contribution in [0.4, 0.5) is 5.69 Å². The molecule has 0 aliphatic carbocycles. The Bertz CT molecular complexity index is 679. The highest BCUT2D eigenvalue weighted by atomic mass is 16.1. The molecule has 0 saturated carbocycles. The maximum absolute atomic E-state index is 12.1. The van der Waals surface area contributed by atoms with E-state index >= 15 is 0 Å². The molecule has 0 spiro atoms. The molecule has 0 bridgehead atoms. The normalized spacial score (nSPS) is 17.1. The summed E-state index contributed by atoms with van der Waals surface area (Å²) < 4.78 is 1.32. The van der Waals surface area contributed by atoms with Crippen LogP contribution >= 0.6 is 0 Å². The number of nitrogens with zero attached hydrogens (tertiary/aromatic N) is 2. The smallest absolute Gasteiger partial charge is 0.277 e. The van der Waals surface area contributed by atoms with Gasteiger partial charge in [0.25, 0.3) is 5.56 Å². The second-order valence-electron chi connectivity index (χ2n) is 4.88. The Labute approximate surface area is 116 Å². The van der Waals surface area contributed by atoms with E-state index in [1.165, 1.54) is 16.5 Å². The fourth-order valence-electron chi connectivity index (χ4n) is 2.56. The van der Waals surface area contributed by atoms with Crippen molar-refractivity contribution in [3.05, 3.63) is 58.3 Å². The summed E-state index contributed by atoms with van der Waals surface area (Å²) in [5.74, 6) is 0.317. The second kappa shape index (κ2) is 5.28. The minimum Gasteiger partial charge on any atom is -0.378 e. The topological polar surface area (TPSA) is 64.0 Å². The first-order valence-corrected chi connectivity index (χ1v) is 6.60. The van der Waals surface area contributed by atoms with Gasteiger partial charge in [-0.3, -0.25) is 9.36 Å². The maximum Gasteiger partial charge on any atom is 0.277 e. The van der Waals surface area contributed by atoms with Crippen LogP contribution in [-0.4, -0.2) is 22.4 Å². The van der Waals surface area contributed by atoms with Gasteiger partial charge in [-0.25, -0.2) is 4.98 Å². The molecule has 0 fully saturated rings. The lowest BCUT2D eigenvalue weighted by atomic mass is 9.91. The second-order valence-corrected chi connectivity index (χ2v) is 4.88. The number of benzene rings is 1. The Kier molecular flexibility index (Phi) is 3.33. The summed E-state index contributed by atoms with van der Waals surface area (Å²) in [5, 5.41) is 3.17. The molecule has 1 atom stereocenters. The van der Waals surface area contributed by atoms with E-state index in [0.717, 1.165) is 12.1 Å². The average Bonchev–Trinajstić information content (AvgIpc) is 2.51. The molecular formula is C15H15N3O2. The first-order valence-electron chi connectivity index (χ1n) is 6.60. The first kappa shape index (κ1) is 12.6. The van der Waals surface area contributed by atoms with Gasteiger partial charge in [0.1, 0.15) is 12.0 Å². The summed E-state index contributed by atoms with van der Waals surface area (Å²) in [5.41, 5.74) is 2.37. The summed E-state index contributed by atoms with van der Waals surface area (Å²) in [4.78, 5) is 27.0. The highest BCUT2D eigenvalue weighted by Crippen LogP contribution is 2.26. The largest absolute Gasteiger partial charge is 0.378 e. The number of aldehydes is 1. The summed E-state index contributed by atoms with van der Waals surface area (Å²) in [7, 11) is 0. The Morgan fingerprint density at radius 3 is 2.90 bits per heavy atom. The molecule has 5 nitrogen and oxygen atoms in total. The number of carbonyl (C=O) groups excluding carboxylic acids is 1. The number of hydrogen-bond acceptors (Lipinski definition) is 4. The van der Waals surface area contributed by atoms with Crippen molar-refractivity contribution in [3.63, 3.8) is 0 Å². The molecule has 1 aromatic heterocycles. The molecule has 0 saturated heterocycles. The summed E-state index contributed by atoms with van der Waals surface area (Å²) >= 11 is 0. The van der Waals surface area contributed by atoms with Gasteiger partial charge >= 0.3 is 0 Å². The first-order chi connectivity index (χ1) is 9.79. The van der Waals surface area contributed by atoms with Crippen molar-refractivity contribution in [2.45, 2.75) is 18.9 Å². The number of nitrogens with one attached hydrogen (secondary N) is 1. The fraction of sp³-hybridized carbons (Fsp3) is 0.267. The Morgan fingerprint density at radius 2 is 2.15 bits per heavy atom. The molecular weight excluding hydrogens is 254 g/mol. The maximum atomic E-state index is 12.1. The van der Waals surface area contributed by atoms with E-state index in [0.29, 0.717) is 24.4 Å². The third kappa shape index (κ3) is 2.22. The molecule has 1 unspecified atom stereocenters. The minimum atomic E-state index is -0.173. The molecule has 102 valence electrons. The molecule has 1 aromatic carbocycles. The van der Waals surface area contributed by atoms with Gasteiger partial charge < -0.3 is 10.1 Å². The molecule has 3 rings (SSSR count). The van der Waals surface area contributed by atoms with E-state index in [1.54, 1.807) is 0 Å². The standard InChI is InChI=1S/C15H15N3O2/c19-7-6-18-10-17-13-8-12(9-16-14(13)15(18)20)11-4-2-1-3-5-11/h1-5,7,10,12,16H,6,8-9H2. The summed E-state index contributed by atoms with van der Waals surface area (Å²) in [6.07, 6.45) is 2.89. The van der Waals surface area contributed by atoms with Gasteiger partial charge in [0.2, 0.25) is 0 Å². The number of anilines is 1. The van der Waals surface area contributed by atoms with Gasteiger partial charge in [0.15, 0.2) is 0 Å². The fourth-order valence-corrected chi connectivity index (χ4v) is 2.56. The van der Waals surface area contributed by atoms with Crippen LogP contribution in [0.25, 0.3) is 0 Å². The van der Waals surface area contributed by atoms with Crippen molar-refractivity contribution < 1.29 is 4.79 Å². The van der Waals surface area contributed by atoms with Crippen LogP contribution in [0.3, 0.4) is 0 Å². The van der Waals surface area contributed by atoms with Crippen molar-refractivity contribution in [1.82, 2.24) is 9.55 Å². The Morgan fingerprint density at radius 1 is 1.35 bits per heavy atom. The van der Waals surface area contributed by atoms with Crippen LogP contribution < -0.4 is 10.9 Å². The molecule has 1 aliphatic heterocycles. The van der Waals surface area contributed by atoms with E-state index < -0.39 is 0 Å². The summed E-state index contributed by atoms with van der Waals surface area (Å²) in [6.45, 7) is 0.752. The average molecular weight is 269 g/mol. The quantitative estimate of drug-likeness (QED) is 0.850. The number of hydrogen-bond donors (Lipinski definition) is 1. The SMILES string of the molecule is O=CCn1cnc2c(c1=O)NCC(c1ccccc1)C2. The number of aromatic nitrogens is 2. The molecule has 2 heterocycles. The van der Waals surface area contributed by atoms with Crippen LogP contribution in [0, 0.1) is 0 Å². The molecule has 0 radical (unpaired) electrons. The zero-order chi connectivity index (χ0) is 13.9. The zero-order valence-electron chi connectivity index (χ0n) is 11.0. The van der Waals surface area contributed by atoms with Gasteiger partial charge in [-0.2, -0.15) is 0 Å². The lowest BCUT2D eigenvalue weighted by Crippen LogP contribution is -2.32. The van der Waals surface area contributed by atoms with Crippen LogP contribution in [0.1, 0.15) is 17.2 Å². The molecule has 2 aromatic rings.